The minimum Gasteiger partial charge on any atom is -0.805 e. The van der Waals surface area contributed by atoms with Crippen molar-refractivity contribution in [3.05, 3.63) is 46.2 Å². The summed E-state index contributed by atoms with van der Waals surface area (Å²) in [5, 5.41) is 11.0. The maximum Gasteiger partial charge on any atom is 0.180 e. The van der Waals surface area contributed by atoms with Crippen LogP contribution in [0.25, 0.3) is 11.3 Å². The van der Waals surface area contributed by atoms with Gasteiger partial charge in [0.25, 0.3) is 0 Å². The number of benzene rings is 1. The third-order valence-electron chi connectivity index (χ3n) is 1.62. The predicted molar refractivity (Wildman–Crippen MR) is 43.9 cm³/mol. The van der Waals surface area contributed by atoms with E-state index >= 15 is 0 Å². The van der Waals surface area contributed by atoms with Gasteiger partial charge in [0.1, 0.15) is 0 Å². The van der Waals surface area contributed by atoms with Crippen molar-refractivity contribution in [2.45, 2.75) is 0 Å². The number of fused-ring (bicyclic) bond motifs is 1. The molecular formula is C8H5N2O2-. The summed E-state index contributed by atoms with van der Waals surface area (Å²) in [6, 6.07) is 4.28. The van der Waals surface area contributed by atoms with Gasteiger partial charge in [-0.05, 0) is 12.1 Å². The van der Waals surface area contributed by atoms with Crippen LogP contribution in [0.2, 0.25) is 0 Å². The molecule has 60 valence electrons. The molecule has 4 heteroatoms. The van der Waals surface area contributed by atoms with Crippen LogP contribution in [0.3, 0.4) is 0 Å². The van der Waals surface area contributed by atoms with E-state index in [0.29, 0.717) is 16.0 Å². The first kappa shape index (κ1) is 6.84. The van der Waals surface area contributed by atoms with Gasteiger partial charge in [0.2, 0.25) is 0 Å². The number of hydrogen-bond acceptors (Lipinski definition) is 3. The molecular weight excluding hydrogens is 156 g/mol. The van der Waals surface area contributed by atoms with E-state index in [1.807, 2.05) is 0 Å². The van der Waals surface area contributed by atoms with E-state index in [4.69, 9.17) is 0 Å². The van der Waals surface area contributed by atoms with Gasteiger partial charge in [-0.15, -0.1) is 0 Å². The van der Waals surface area contributed by atoms with Crippen molar-refractivity contribution in [1.29, 1.82) is 0 Å². The van der Waals surface area contributed by atoms with Gasteiger partial charge >= 0.3 is 0 Å². The van der Waals surface area contributed by atoms with Crippen molar-refractivity contribution in [3.8, 4) is 11.3 Å². The number of aromatic nitrogens is 2. The van der Waals surface area contributed by atoms with Crippen LogP contribution < -0.4 is 5.43 Å². The smallest absolute Gasteiger partial charge is 0.180 e. The summed E-state index contributed by atoms with van der Waals surface area (Å²) in [5.74, 6) is 0. The maximum atomic E-state index is 11.0. The minimum atomic E-state index is -0.168. The zero-order chi connectivity index (χ0) is 8.55. The third kappa shape index (κ3) is 0.934. The standard InChI is InChI=1S/C8H5N2O2/c11-7-2-1-6-4-9-5-10(12)8(6)3-7/h1-5H/q-1. The highest BCUT2D eigenvalue weighted by Gasteiger charge is 2.00. The van der Waals surface area contributed by atoms with E-state index in [-0.39, 0.29) is 5.43 Å². The van der Waals surface area contributed by atoms with Crippen LogP contribution in [-0.4, -0.2) is 9.71 Å². The Bertz CT molecular complexity index is 436. The molecule has 0 saturated heterocycles. The molecule has 1 aliphatic heterocycles. The number of nitrogens with zero attached hydrogens (tertiary/aromatic N) is 2. The van der Waals surface area contributed by atoms with Crippen LogP contribution in [-0.2, 0) is 0 Å². The fourth-order valence-corrected chi connectivity index (χ4v) is 1.06. The van der Waals surface area contributed by atoms with Crippen molar-refractivity contribution in [3.63, 3.8) is 0 Å². The van der Waals surface area contributed by atoms with Crippen LogP contribution in [0.15, 0.2) is 35.5 Å². The Morgan fingerprint density at radius 2 is 2.25 bits per heavy atom. The summed E-state index contributed by atoms with van der Waals surface area (Å²) in [7, 11) is 0. The second-order valence-electron chi connectivity index (χ2n) is 2.44. The summed E-state index contributed by atoms with van der Waals surface area (Å²) in [6.07, 6.45) is 2.67. The summed E-state index contributed by atoms with van der Waals surface area (Å²) < 4.78 is 0.580. The van der Waals surface area contributed by atoms with E-state index in [9.17, 15) is 10.0 Å². The Morgan fingerprint density at radius 3 is 3.08 bits per heavy atom. The van der Waals surface area contributed by atoms with Crippen LogP contribution in [0.5, 0.6) is 0 Å². The van der Waals surface area contributed by atoms with Crippen molar-refractivity contribution in [2.75, 3.05) is 0 Å². The van der Waals surface area contributed by atoms with Gasteiger partial charge in [0.05, 0.1) is 6.33 Å². The van der Waals surface area contributed by atoms with Crippen molar-refractivity contribution >= 4 is 0 Å². The monoisotopic (exact) mass is 161 g/mol. The van der Waals surface area contributed by atoms with Crippen molar-refractivity contribution < 1.29 is 0 Å². The first-order valence-electron chi connectivity index (χ1n) is 3.41. The van der Waals surface area contributed by atoms with Crippen LogP contribution >= 0.6 is 0 Å². The number of rotatable bonds is 0. The Labute approximate surface area is 68.0 Å². The normalized spacial score (nSPS) is 10.3. The third-order valence-corrected chi connectivity index (χ3v) is 1.62. The largest absolute Gasteiger partial charge is 0.805 e. The molecule has 0 unspecified atom stereocenters. The molecule has 12 heavy (non-hydrogen) atoms. The molecule has 4 nitrogen and oxygen atoms in total. The van der Waals surface area contributed by atoms with Gasteiger partial charge in [-0.3, -0.25) is 4.79 Å². The Kier molecular flexibility index (Phi) is 1.33. The molecule has 0 radical (unpaired) electrons. The molecule has 1 heterocycles. The molecule has 0 saturated carbocycles. The molecule has 0 spiro atoms. The van der Waals surface area contributed by atoms with E-state index in [0.717, 1.165) is 6.33 Å². The van der Waals surface area contributed by atoms with Crippen LogP contribution in [0, 0.1) is 5.21 Å². The second-order valence-corrected chi connectivity index (χ2v) is 2.44. The zero-order valence-electron chi connectivity index (χ0n) is 6.10. The molecule has 0 N–H and O–H groups in total. The average molecular weight is 161 g/mol. The zero-order valence-corrected chi connectivity index (χ0v) is 6.10. The highest BCUT2D eigenvalue weighted by Crippen LogP contribution is 2.15. The maximum absolute atomic E-state index is 11.0. The molecule has 1 aliphatic carbocycles. The van der Waals surface area contributed by atoms with Crippen LogP contribution in [0.1, 0.15) is 0 Å². The summed E-state index contributed by atoms with van der Waals surface area (Å²) >= 11 is 0. The van der Waals surface area contributed by atoms with Crippen molar-refractivity contribution in [2.24, 2.45) is 0 Å². The van der Waals surface area contributed by atoms with Gasteiger partial charge in [0, 0.05) is 23.5 Å². The summed E-state index contributed by atoms with van der Waals surface area (Å²) in [4.78, 5) is 14.6. The number of hydrogen-bond donors (Lipinski definition) is 0. The highest BCUT2D eigenvalue weighted by molar-refractivity contribution is 5.59. The van der Waals surface area contributed by atoms with Crippen LogP contribution in [0.4, 0.5) is 0 Å². The SMILES string of the molecule is O=c1ccc2cncn([O-])c-2c1. The molecule has 0 aromatic carbocycles. The lowest BCUT2D eigenvalue weighted by Crippen LogP contribution is -2.04. The topological polar surface area (TPSA) is 58.0 Å². The van der Waals surface area contributed by atoms with E-state index < -0.39 is 0 Å². The lowest BCUT2D eigenvalue weighted by atomic mass is 10.1. The molecule has 2 rings (SSSR count). The molecule has 0 amide bonds. The molecule has 0 fully saturated rings. The Hall–Kier alpha value is -1.84. The molecule has 0 atom stereocenters. The molecule has 0 aromatic rings. The van der Waals surface area contributed by atoms with Gasteiger partial charge in [-0.1, -0.05) is 0 Å². The quantitative estimate of drug-likeness (QED) is 0.571. The molecule has 0 bridgehead atoms. The highest BCUT2D eigenvalue weighted by atomic mass is 16.5. The van der Waals surface area contributed by atoms with E-state index in [1.54, 1.807) is 12.3 Å². The lowest BCUT2D eigenvalue weighted by molar-refractivity contribution is 0.997. The van der Waals surface area contributed by atoms with E-state index in [2.05, 4.69) is 4.98 Å². The fourth-order valence-electron chi connectivity index (χ4n) is 1.06. The molecule has 2 aliphatic rings. The van der Waals surface area contributed by atoms with Gasteiger partial charge in [-0.25, -0.2) is 4.98 Å². The summed E-state index contributed by atoms with van der Waals surface area (Å²) in [5.41, 5.74) is 0.864. The predicted octanol–water partition coefficient (Wildman–Crippen LogP) is 0.694. The second kappa shape index (κ2) is 2.34. The van der Waals surface area contributed by atoms with Gasteiger partial charge < -0.3 is 9.94 Å². The minimum absolute atomic E-state index is 0.168. The van der Waals surface area contributed by atoms with Gasteiger partial charge in [-0.2, -0.15) is 0 Å². The Morgan fingerprint density at radius 1 is 1.42 bits per heavy atom. The fraction of sp³-hybridized carbons (Fsp3) is 0. The average Bonchev–Trinajstić information content (AvgIpc) is 2.07. The van der Waals surface area contributed by atoms with E-state index in [1.165, 1.54) is 12.1 Å². The molecule has 0 aromatic heterocycles. The van der Waals surface area contributed by atoms with Crippen molar-refractivity contribution in [1.82, 2.24) is 9.71 Å². The lowest BCUT2D eigenvalue weighted by Gasteiger charge is -2.16. The summed E-state index contributed by atoms with van der Waals surface area (Å²) in [6.45, 7) is 0. The van der Waals surface area contributed by atoms with Gasteiger partial charge in [0.15, 0.2) is 5.43 Å². The Balaban J connectivity index is 2.87. The first-order valence-corrected chi connectivity index (χ1v) is 3.41. The first-order chi connectivity index (χ1) is 5.77.